The molecule has 0 fully saturated rings. The van der Waals surface area contributed by atoms with Crippen molar-refractivity contribution in [2.45, 2.75) is 123 Å². The minimum Gasteiger partial charge on any atom is -0.508 e. The average molecular weight is 413 g/mol. The first-order valence-electron chi connectivity index (χ1n) is 12.4. The minimum absolute atomic E-state index is 0.0435. The van der Waals surface area contributed by atoms with E-state index in [1.807, 2.05) is 6.07 Å². The lowest BCUT2D eigenvalue weighted by Crippen LogP contribution is -2.44. The quantitative estimate of drug-likeness (QED) is 0.343. The van der Waals surface area contributed by atoms with Gasteiger partial charge in [0.2, 0.25) is 0 Å². The predicted molar refractivity (Wildman–Crippen MR) is 128 cm³/mol. The number of aromatic hydroxyl groups is 1. The number of phenolic OH excluding ortho intramolecular Hbond substituents is 1. The average Bonchev–Trinajstić information content (AvgIpc) is 2.90. The van der Waals surface area contributed by atoms with Gasteiger partial charge in [-0.3, -0.25) is 0 Å². The molecule has 30 heavy (non-hydrogen) atoms. The van der Waals surface area contributed by atoms with Gasteiger partial charge in [0.05, 0.1) is 0 Å². The van der Waals surface area contributed by atoms with Crippen molar-refractivity contribution in [3.05, 3.63) is 34.9 Å². The molecule has 0 spiro atoms. The third kappa shape index (κ3) is 4.89. The molecule has 2 aliphatic rings. The van der Waals surface area contributed by atoms with E-state index in [1.165, 1.54) is 37.7 Å². The third-order valence-electron chi connectivity index (χ3n) is 7.82. The van der Waals surface area contributed by atoms with Crippen LogP contribution in [0.15, 0.2) is 23.8 Å². The van der Waals surface area contributed by atoms with Crippen LogP contribution < -0.4 is 4.74 Å². The van der Waals surface area contributed by atoms with Crippen LogP contribution in [0.3, 0.4) is 0 Å². The van der Waals surface area contributed by atoms with Gasteiger partial charge in [0.15, 0.2) is 0 Å². The molecule has 3 rings (SSSR count). The number of hydrogen-bond donors (Lipinski definition) is 1. The molecule has 1 aliphatic heterocycles. The van der Waals surface area contributed by atoms with Crippen LogP contribution in [-0.4, -0.2) is 10.7 Å². The fourth-order valence-corrected chi connectivity index (χ4v) is 5.71. The lowest BCUT2D eigenvalue weighted by Gasteiger charge is -2.45. The molecule has 0 amide bonds. The summed E-state index contributed by atoms with van der Waals surface area (Å²) in [6, 6.07) is 4.29. The molecule has 2 heteroatoms. The Morgan fingerprint density at radius 3 is 2.53 bits per heavy atom. The monoisotopic (exact) mass is 412 g/mol. The van der Waals surface area contributed by atoms with Crippen molar-refractivity contribution in [2.75, 3.05) is 0 Å². The first-order chi connectivity index (χ1) is 14.2. The molecule has 1 aromatic rings. The van der Waals surface area contributed by atoms with Gasteiger partial charge in [0.25, 0.3) is 0 Å². The minimum atomic E-state index is -0.204. The smallest absolute Gasteiger partial charge is 0.127 e. The maximum atomic E-state index is 11.2. The first kappa shape index (κ1) is 23.2. The molecule has 0 bridgehead atoms. The maximum absolute atomic E-state index is 11.2. The Bertz CT molecular complexity index is 756. The number of fused-ring (bicyclic) bond motifs is 3. The number of allylic oxidation sites excluding steroid dienone is 2. The Morgan fingerprint density at radius 2 is 1.83 bits per heavy atom. The van der Waals surface area contributed by atoms with Crippen LogP contribution in [-0.2, 0) is 5.41 Å². The highest BCUT2D eigenvalue weighted by atomic mass is 16.5. The fourth-order valence-electron chi connectivity index (χ4n) is 5.71. The lowest BCUT2D eigenvalue weighted by atomic mass is 9.70. The molecule has 1 heterocycles. The molecule has 2 nitrogen and oxygen atoms in total. The van der Waals surface area contributed by atoms with Gasteiger partial charge in [0, 0.05) is 17.4 Å². The number of unbranched alkanes of at least 4 members (excludes halogenated alkanes) is 4. The van der Waals surface area contributed by atoms with Gasteiger partial charge in [-0.15, -0.1) is 0 Å². The van der Waals surface area contributed by atoms with Crippen molar-refractivity contribution in [2.24, 2.45) is 5.92 Å². The van der Waals surface area contributed by atoms with Crippen molar-refractivity contribution >= 4 is 0 Å². The highest BCUT2D eigenvalue weighted by molar-refractivity contribution is 5.53. The molecule has 0 aromatic heterocycles. The highest BCUT2D eigenvalue weighted by Gasteiger charge is 2.45. The predicted octanol–water partition coefficient (Wildman–Crippen LogP) is 8.42. The van der Waals surface area contributed by atoms with Crippen molar-refractivity contribution in [3.8, 4) is 11.5 Å². The molecule has 1 aromatic carbocycles. The van der Waals surface area contributed by atoms with E-state index in [0.29, 0.717) is 17.6 Å². The fraction of sp³-hybridized carbons (Fsp3) is 0.714. The molecule has 2 atom stereocenters. The summed E-state index contributed by atoms with van der Waals surface area (Å²) in [4.78, 5) is 0. The molecule has 1 aliphatic carbocycles. The van der Waals surface area contributed by atoms with Crippen molar-refractivity contribution in [3.63, 3.8) is 0 Å². The van der Waals surface area contributed by atoms with Crippen LogP contribution in [0.4, 0.5) is 0 Å². The van der Waals surface area contributed by atoms with Gasteiger partial charge in [-0.05, 0) is 69.1 Å². The zero-order valence-electron chi connectivity index (χ0n) is 20.3. The maximum Gasteiger partial charge on any atom is 0.127 e. The summed E-state index contributed by atoms with van der Waals surface area (Å²) in [5.74, 6) is 2.15. The standard InChI is InChI=1S/C28H44O2/c1-7-9-10-11-12-17-27(3,4)21-18-24(29)26-22-15-13-20(8-2)14-16-23(22)28(5,6)30-25(26)19-21/h13,18-19,22-23,29H,7-12,14-17H2,1-6H3/t22-,23-/m1/s1. The second-order valence-electron chi connectivity index (χ2n) is 10.9. The summed E-state index contributed by atoms with van der Waals surface area (Å²) >= 11 is 0. The van der Waals surface area contributed by atoms with Crippen LogP contribution in [0, 0.1) is 5.92 Å². The van der Waals surface area contributed by atoms with E-state index in [9.17, 15) is 5.11 Å². The van der Waals surface area contributed by atoms with Gasteiger partial charge in [0.1, 0.15) is 17.1 Å². The van der Waals surface area contributed by atoms with Crippen molar-refractivity contribution in [1.82, 2.24) is 0 Å². The van der Waals surface area contributed by atoms with E-state index in [4.69, 9.17) is 4.74 Å². The van der Waals surface area contributed by atoms with E-state index in [0.717, 1.165) is 43.4 Å². The van der Waals surface area contributed by atoms with Crippen LogP contribution >= 0.6 is 0 Å². The normalized spacial score (nSPS) is 23.1. The summed E-state index contributed by atoms with van der Waals surface area (Å²) in [6.07, 6.45) is 14.5. The SMILES string of the molecule is CCCCCCCC(C)(C)c1cc(O)c2c(c1)OC(C)(C)[C@@H]1CCC(CC)=CC[C@@H]21. The molecular weight excluding hydrogens is 368 g/mol. The summed E-state index contributed by atoms with van der Waals surface area (Å²) in [5, 5.41) is 11.2. The zero-order chi connectivity index (χ0) is 21.9. The summed E-state index contributed by atoms with van der Waals surface area (Å²) in [7, 11) is 0. The lowest BCUT2D eigenvalue weighted by molar-refractivity contribution is 0.00643. The Hall–Kier alpha value is -1.44. The van der Waals surface area contributed by atoms with Crippen molar-refractivity contribution in [1.29, 1.82) is 0 Å². The van der Waals surface area contributed by atoms with E-state index in [2.05, 4.69) is 53.7 Å². The highest BCUT2D eigenvalue weighted by Crippen LogP contribution is 2.54. The van der Waals surface area contributed by atoms with Gasteiger partial charge in [-0.2, -0.15) is 0 Å². The third-order valence-corrected chi connectivity index (χ3v) is 7.82. The van der Waals surface area contributed by atoms with E-state index in [1.54, 1.807) is 5.57 Å². The topological polar surface area (TPSA) is 29.5 Å². The molecule has 0 saturated heterocycles. The number of phenols is 1. The van der Waals surface area contributed by atoms with Gasteiger partial charge >= 0.3 is 0 Å². The van der Waals surface area contributed by atoms with E-state index >= 15 is 0 Å². The Morgan fingerprint density at radius 1 is 1.10 bits per heavy atom. The van der Waals surface area contributed by atoms with Crippen LogP contribution in [0.2, 0.25) is 0 Å². The largest absolute Gasteiger partial charge is 0.508 e. The molecule has 0 radical (unpaired) electrons. The number of hydrogen-bond acceptors (Lipinski definition) is 2. The van der Waals surface area contributed by atoms with E-state index < -0.39 is 0 Å². The van der Waals surface area contributed by atoms with Crippen LogP contribution in [0.5, 0.6) is 11.5 Å². The van der Waals surface area contributed by atoms with E-state index in [-0.39, 0.29) is 11.0 Å². The number of benzene rings is 1. The van der Waals surface area contributed by atoms with Gasteiger partial charge in [-0.1, -0.05) is 71.4 Å². The summed E-state index contributed by atoms with van der Waals surface area (Å²) in [6.45, 7) is 13.6. The Labute approximate surface area is 185 Å². The second-order valence-corrected chi connectivity index (χ2v) is 10.9. The molecular formula is C28H44O2. The van der Waals surface area contributed by atoms with Gasteiger partial charge in [-0.25, -0.2) is 0 Å². The van der Waals surface area contributed by atoms with Crippen LogP contribution in [0.25, 0.3) is 0 Å². The zero-order valence-corrected chi connectivity index (χ0v) is 20.3. The Kier molecular flexibility index (Phi) is 7.25. The van der Waals surface area contributed by atoms with Crippen LogP contribution in [0.1, 0.15) is 123 Å². The number of ether oxygens (including phenoxy) is 1. The van der Waals surface area contributed by atoms with Gasteiger partial charge < -0.3 is 9.84 Å². The summed E-state index contributed by atoms with van der Waals surface area (Å²) in [5.41, 5.74) is 3.66. The first-order valence-corrected chi connectivity index (χ1v) is 12.4. The molecule has 0 saturated carbocycles. The summed E-state index contributed by atoms with van der Waals surface area (Å²) < 4.78 is 6.60. The molecule has 168 valence electrons. The molecule has 0 unspecified atom stereocenters. The second kappa shape index (κ2) is 9.37. The Balaban J connectivity index is 1.88. The number of rotatable bonds is 8. The van der Waals surface area contributed by atoms with Crippen molar-refractivity contribution < 1.29 is 9.84 Å². The molecule has 1 N–H and O–H groups in total.